The molecule has 3 heterocycles. The average molecular weight is 398 g/mol. The molecule has 0 N–H and O–H groups in total. The van der Waals surface area contributed by atoms with Gasteiger partial charge in [0.15, 0.2) is 11.6 Å². The SMILES string of the molecule is Fc1c(Cl)c(F)c(N2CCCCC2)c(N2CCCCC2)c1N1CCCCC1. The third-order valence-corrected chi connectivity index (χ3v) is 6.60. The quantitative estimate of drug-likeness (QED) is 0.615. The Labute approximate surface area is 166 Å². The summed E-state index contributed by atoms with van der Waals surface area (Å²) in [4.78, 5) is 6.45. The molecule has 3 aliphatic rings. The lowest BCUT2D eigenvalue weighted by molar-refractivity contribution is 0.527. The van der Waals surface area contributed by atoms with Crippen molar-refractivity contribution in [1.29, 1.82) is 0 Å². The summed E-state index contributed by atoms with van der Waals surface area (Å²) in [7, 11) is 0. The van der Waals surface area contributed by atoms with E-state index in [1.165, 1.54) is 19.3 Å². The van der Waals surface area contributed by atoms with E-state index in [2.05, 4.69) is 14.7 Å². The largest absolute Gasteiger partial charge is 0.368 e. The second-order valence-electron chi connectivity index (χ2n) is 8.13. The molecule has 6 heteroatoms. The molecule has 4 rings (SSSR count). The normalized spacial score (nSPS) is 21.7. The molecule has 0 aliphatic carbocycles. The second-order valence-corrected chi connectivity index (χ2v) is 8.51. The van der Waals surface area contributed by atoms with Crippen LogP contribution in [0.1, 0.15) is 57.8 Å². The maximum absolute atomic E-state index is 15.4. The Kier molecular flexibility index (Phi) is 5.96. The molecule has 3 aliphatic heterocycles. The van der Waals surface area contributed by atoms with E-state index in [0.717, 1.165) is 83.5 Å². The topological polar surface area (TPSA) is 9.72 Å². The van der Waals surface area contributed by atoms with Crippen molar-refractivity contribution >= 4 is 28.7 Å². The lowest BCUT2D eigenvalue weighted by atomic mass is 10.0. The van der Waals surface area contributed by atoms with Crippen LogP contribution in [-0.2, 0) is 0 Å². The highest BCUT2D eigenvalue weighted by molar-refractivity contribution is 6.32. The van der Waals surface area contributed by atoms with Crippen molar-refractivity contribution in [2.24, 2.45) is 0 Å². The van der Waals surface area contributed by atoms with Crippen LogP contribution in [0, 0.1) is 11.6 Å². The van der Waals surface area contributed by atoms with Gasteiger partial charge in [0.1, 0.15) is 16.4 Å². The van der Waals surface area contributed by atoms with Crippen molar-refractivity contribution in [2.45, 2.75) is 57.8 Å². The highest BCUT2D eigenvalue weighted by Crippen LogP contribution is 2.48. The zero-order valence-electron chi connectivity index (χ0n) is 16.1. The molecule has 0 atom stereocenters. The van der Waals surface area contributed by atoms with Gasteiger partial charge in [0.2, 0.25) is 0 Å². The van der Waals surface area contributed by atoms with Crippen molar-refractivity contribution in [3.05, 3.63) is 16.7 Å². The summed E-state index contributed by atoms with van der Waals surface area (Å²) in [5, 5.41) is -0.336. The third-order valence-electron chi connectivity index (χ3n) is 6.27. The van der Waals surface area contributed by atoms with Gasteiger partial charge in [0, 0.05) is 39.3 Å². The number of rotatable bonds is 3. The Balaban J connectivity index is 1.88. The summed E-state index contributed by atoms with van der Waals surface area (Å²) in [5.41, 5.74) is 1.85. The summed E-state index contributed by atoms with van der Waals surface area (Å²) < 4.78 is 30.7. The van der Waals surface area contributed by atoms with E-state index >= 15 is 8.78 Å². The van der Waals surface area contributed by atoms with Crippen molar-refractivity contribution in [1.82, 2.24) is 0 Å². The Morgan fingerprint density at radius 1 is 0.481 bits per heavy atom. The highest BCUT2D eigenvalue weighted by Gasteiger charge is 2.33. The first-order valence-corrected chi connectivity index (χ1v) is 11.0. The molecule has 1 aromatic rings. The molecule has 1 aromatic carbocycles. The second kappa shape index (κ2) is 8.42. The molecule has 0 saturated carbocycles. The lowest BCUT2D eigenvalue weighted by Crippen LogP contribution is -2.38. The maximum Gasteiger partial charge on any atom is 0.170 e. The molecule has 0 spiro atoms. The number of piperidine rings is 3. The van der Waals surface area contributed by atoms with Crippen LogP contribution < -0.4 is 14.7 Å². The van der Waals surface area contributed by atoms with E-state index in [9.17, 15) is 0 Å². The molecular formula is C21H30ClF2N3. The van der Waals surface area contributed by atoms with E-state index in [1.54, 1.807) is 0 Å². The smallest absolute Gasteiger partial charge is 0.170 e. The van der Waals surface area contributed by atoms with Gasteiger partial charge in [-0.25, -0.2) is 8.78 Å². The fraction of sp³-hybridized carbons (Fsp3) is 0.714. The van der Waals surface area contributed by atoms with Gasteiger partial charge in [-0.3, -0.25) is 0 Å². The molecule has 150 valence electrons. The predicted octanol–water partition coefficient (Wildman–Crippen LogP) is 5.59. The van der Waals surface area contributed by atoms with Crippen molar-refractivity contribution in [2.75, 3.05) is 54.0 Å². The van der Waals surface area contributed by atoms with Gasteiger partial charge in [-0.05, 0) is 57.8 Å². The number of hydrogen-bond acceptors (Lipinski definition) is 3. The van der Waals surface area contributed by atoms with Crippen LogP contribution in [0.2, 0.25) is 5.02 Å². The first kappa shape index (κ1) is 19.1. The van der Waals surface area contributed by atoms with E-state index in [0.29, 0.717) is 11.4 Å². The maximum atomic E-state index is 15.4. The molecule has 3 nitrogen and oxygen atoms in total. The monoisotopic (exact) mass is 397 g/mol. The van der Waals surface area contributed by atoms with Crippen LogP contribution in [0.15, 0.2) is 0 Å². The van der Waals surface area contributed by atoms with Gasteiger partial charge in [-0.2, -0.15) is 0 Å². The predicted molar refractivity (Wildman–Crippen MR) is 110 cm³/mol. The highest BCUT2D eigenvalue weighted by atomic mass is 35.5. The van der Waals surface area contributed by atoms with Gasteiger partial charge in [0.05, 0.1) is 5.69 Å². The van der Waals surface area contributed by atoms with Crippen LogP contribution in [0.25, 0.3) is 0 Å². The minimum Gasteiger partial charge on any atom is -0.368 e. The standard InChI is InChI=1S/C21H30ClF2N3/c22-16-17(23)19(25-10-4-1-5-11-25)21(27-14-8-3-9-15-27)20(18(16)24)26-12-6-2-7-13-26/h1-15H2. The molecule has 0 bridgehead atoms. The van der Waals surface area contributed by atoms with Crippen molar-refractivity contribution in [3.63, 3.8) is 0 Å². The van der Waals surface area contributed by atoms with Crippen LogP contribution in [0.5, 0.6) is 0 Å². The Morgan fingerprint density at radius 2 is 0.778 bits per heavy atom. The molecule has 3 fully saturated rings. The Morgan fingerprint density at radius 3 is 1.11 bits per heavy atom. The average Bonchev–Trinajstić information content (AvgIpc) is 2.73. The van der Waals surface area contributed by atoms with Crippen LogP contribution in [-0.4, -0.2) is 39.3 Å². The van der Waals surface area contributed by atoms with Crippen molar-refractivity contribution in [3.8, 4) is 0 Å². The number of benzene rings is 1. The summed E-state index contributed by atoms with van der Waals surface area (Å²) >= 11 is 6.22. The summed E-state index contributed by atoms with van der Waals surface area (Å²) in [6, 6.07) is 0. The molecule has 0 radical (unpaired) electrons. The minimum atomic E-state index is -0.572. The Bertz CT molecular complexity index is 619. The Hall–Kier alpha value is -1.23. The summed E-state index contributed by atoms with van der Waals surface area (Å²) in [6.07, 6.45) is 9.87. The van der Waals surface area contributed by atoms with E-state index in [4.69, 9.17) is 11.6 Å². The molecule has 27 heavy (non-hydrogen) atoms. The van der Waals surface area contributed by atoms with Crippen LogP contribution in [0.4, 0.5) is 25.8 Å². The first-order valence-electron chi connectivity index (χ1n) is 10.6. The zero-order chi connectivity index (χ0) is 18.8. The first-order chi connectivity index (χ1) is 13.2. The molecular weight excluding hydrogens is 368 g/mol. The van der Waals surface area contributed by atoms with Gasteiger partial charge >= 0.3 is 0 Å². The van der Waals surface area contributed by atoms with E-state index in [-0.39, 0.29) is 5.02 Å². The van der Waals surface area contributed by atoms with Gasteiger partial charge in [0.25, 0.3) is 0 Å². The molecule has 0 unspecified atom stereocenters. The number of nitrogens with zero attached hydrogens (tertiary/aromatic N) is 3. The zero-order valence-corrected chi connectivity index (χ0v) is 16.8. The van der Waals surface area contributed by atoms with Crippen LogP contribution >= 0.6 is 11.6 Å². The van der Waals surface area contributed by atoms with Gasteiger partial charge in [-0.15, -0.1) is 0 Å². The third kappa shape index (κ3) is 3.72. The summed E-state index contributed by atoms with van der Waals surface area (Å²) in [6.45, 7) is 5.00. The fourth-order valence-corrected chi connectivity index (χ4v) is 5.03. The number of anilines is 3. The molecule has 0 amide bonds. The fourth-order valence-electron chi connectivity index (χ4n) is 4.85. The van der Waals surface area contributed by atoms with Crippen LogP contribution in [0.3, 0.4) is 0 Å². The van der Waals surface area contributed by atoms with E-state index in [1.807, 2.05) is 0 Å². The molecule has 0 aromatic heterocycles. The lowest BCUT2D eigenvalue weighted by Gasteiger charge is -2.41. The van der Waals surface area contributed by atoms with E-state index < -0.39 is 11.6 Å². The number of halogens is 3. The van der Waals surface area contributed by atoms with Gasteiger partial charge in [-0.1, -0.05) is 11.6 Å². The summed E-state index contributed by atoms with van der Waals surface area (Å²) in [5.74, 6) is -1.14. The van der Waals surface area contributed by atoms with Gasteiger partial charge < -0.3 is 14.7 Å². The number of hydrogen-bond donors (Lipinski definition) is 0. The minimum absolute atomic E-state index is 0.336. The molecule has 3 saturated heterocycles. The van der Waals surface area contributed by atoms with Crippen molar-refractivity contribution < 1.29 is 8.78 Å².